The summed E-state index contributed by atoms with van der Waals surface area (Å²) in [7, 11) is 0. The first-order valence-electron chi connectivity index (χ1n) is 4.83. The monoisotopic (exact) mass is 247 g/mol. The van der Waals surface area contributed by atoms with Crippen molar-refractivity contribution in [2.24, 2.45) is 5.73 Å². The van der Waals surface area contributed by atoms with Crippen molar-refractivity contribution in [2.75, 3.05) is 5.73 Å². The highest BCUT2D eigenvalue weighted by atomic mass is 16.4. The van der Waals surface area contributed by atoms with Crippen molar-refractivity contribution in [2.45, 2.75) is 0 Å². The number of primary amides is 1. The van der Waals surface area contributed by atoms with Crippen LogP contribution in [-0.2, 0) is 0 Å². The zero-order valence-electron chi connectivity index (χ0n) is 9.07. The van der Waals surface area contributed by atoms with Crippen molar-refractivity contribution in [1.82, 2.24) is 14.8 Å². The summed E-state index contributed by atoms with van der Waals surface area (Å²) >= 11 is 0. The Morgan fingerprint density at radius 3 is 2.67 bits per heavy atom. The molecule has 0 aliphatic carbocycles. The van der Waals surface area contributed by atoms with E-state index in [2.05, 4.69) is 10.1 Å². The molecule has 92 valence electrons. The average Bonchev–Trinajstić information content (AvgIpc) is 2.71. The van der Waals surface area contributed by atoms with Gasteiger partial charge in [0.15, 0.2) is 11.5 Å². The van der Waals surface area contributed by atoms with Gasteiger partial charge in [-0.3, -0.25) is 4.79 Å². The molecule has 2 aromatic rings. The van der Waals surface area contributed by atoms with Crippen LogP contribution in [0, 0.1) is 0 Å². The van der Waals surface area contributed by atoms with Gasteiger partial charge in [-0.15, -0.1) is 0 Å². The SMILES string of the molecule is NC(=O)c1ccnc(-n2cc(N)c(C(=O)O)n2)c1. The summed E-state index contributed by atoms with van der Waals surface area (Å²) in [6.07, 6.45) is 2.67. The van der Waals surface area contributed by atoms with Crippen LogP contribution in [0.3, 0.4) is 0 Å². The third kappa shape index (κ3) is 1.98. The largest absolute Gasteiger partial charge is 0.476 e. The number of carbonyl (C=O) groups is 2. The van der Waals surface area contributed by atoms with E-state index in [-0.39, 0.29) is 22.8 Å². The summed E-state index contributed by atoms with van der Waals surface area (Å²) < 4.78 is 1.17. The highest BCUT2D eigenvalue weighted by Gasteiger charge is 2.15. The van der Waals surface area contributed by atoms with Gasteiger partial charge in [0, 0.05) is 11.8 Å². The first-order chi connectivity index (χ1) is 8.49. The minimum atomic E-state index is -1.24. The molecule has 0 aliphatic rings. The van der Waals surface area contributed by atoms with E-state index in [1.165, 1.54) is 29.2 Å². The van der Waals surface area contributed by atoms with Crippen LogP contribution in [-0.4, -0.2) is 31.7 Å². The number of nitrogens with zero attached hydrogens (tertiary/aromatic N) is 3. The van der Waals surface area contributed by atoms with Gasteiger partial charge >= 0.3 is 5.97 Å². The molecule has 0 aromatic carbocycles. The molecule has 18 heavy (non-hydrogen) atoms. The van der Waals surface area contributed by atoms with Crippen molar-refractivity contribution < 1.29 is 14.7 Å². The summed E-state index contributed by atoms with van der Waals surface area (Å²) in [5.41, 5.74) is 10.6. The number of carbonyl (C=O) groups excluding carboxylic acids is 1. The Bertz CT molecular complexity index is 634. The summed E-state index contributed by atoms with van der Waals surface area (Å²) in [5, 5.41) is 12.6. The van der Waals surface area contributed by atoms with Crippen LogP contribution in [0.25, 0.3) is 5.82 Å². The van der Waals surface area contributed by atoms with E-state index < -0.39 is 11.9 Å². The predicted octanol–water partition coefficient (Wildman–Crippen LogP) is -0.353. The maximum atomic E-state index is 11.0. The van der Waals surface area contributed by atoms with E-state index in [1.807, 2.05) is 0 Å². The quantitative estimate of drug-likeness (QED) is 0.677. The smallest absolute Gasteiger partial charge is 0.358 e. The summed E-state index contributed by atoms with van der Waals surface area (Å²) in [6.45, 7) is 0. The first kappa shape index (κ1) is 11.6. The molecule has 8 nitrogen and oxygen atoms in total. The number of anilines is 1. The van der Waals surface area contributed by atoms with Crippen LogP contribution in [0.5, 0.6) is 0 Å². The molecule has 0 fully saturated rings. The van der Waals surface area contributed by atoms with Crippen molar-refractivity contribution in [3.8, 4) is 5.82 Å². The lowest BCUT2D eigenvalue weighted by molar-refractivity contribution is 0.0691. The Morgan fingerprint density at radius 1 is 1.39 bits per heavy atom. The Hall–Kier alpha value is -2.90. The van der Waals surface area contributed by atoms with Gasteiger partial charge in [-0.25, -0.2) is 14.5 Å². The Balaban J connectivity index is 2.49. The number of nitrogens with two attached hydrogens (primary N) is 2. The highest BCUT2D eigenvalue weighted by molar-refractivity contribution is 5.93. The van der Waals surface area contributed by atoms with Crippen LogP contribution < -0.4 is 11.5 Å². The second-order valence-corrected chi connectivity index (χ2v) is 3.45. The molecule has 2 aromatic heterocycles. The fourth-order valence-corrected chi connectivity index (χ4v) is 1.37. The molecular formula is C10H9N5O3. The summed E-state index contributed by atoms with van der Waals surface area (Å²) in [6, 6.07) is 2.83. The third-order valence-electron chi connectivity index (χ3n) is 2.21. The van der Waals surface area contributed by atoms with E-state index in [4.69, 9.17) is 16.6 Å². The second-order valence-electron chi connectivity index (χ2n) is 3.45. The zero-order valence-corrected chi connectivity index (χ0v) is 9.07. The summed E-state index contributed by atoms with van der Waals surface area (Å²) in [4.78, 5) is 25.8. The minimum absolute atomic E-state index is 0.00813. The van der Waals surface area contributed by atoms with E-state index in [0.29, 0.717) is 0 Å². The minimum Gasteiger partial charge on any atom is -0.476 e. The van der Waals surface area contributed by atoms with Gasteiger partial charge in [0.2, 0.25) is 5.91 Å². The molecule has 0 spiro atoms. The van der Waals surface area contributed by atoms with Crippen molar-refractivity contribution >= 4 is 17.6 Å². The fraction of sp³-hybridized carbons (Fsp3) is 0. The van der Waals surface area contributed by atoms with Crippen LogP contribution in [0.15, 0.2) is 24.5 Å². The molecule has 0 saturated heterocycles. The van der Waals surface area contributed by atoms with E-state index in [1.54, 1.807) is 0 Å². The molecule has 0 saturated carbocycles. The number of pyridine rings is 1. The molecule has 0 aliphatic heterocycles. The lowest BCUT2D eigenvalue weighted by atomic mass is 10.2. The number of hydrogen-bond donors (Lipinski definition) is 3. The molecular weight excluding hydrogens is 238 g/mol. The molecule has 0 radical (unpaired) electrons. The predicted molar refractivity (Wildman–Crippen MR) is 61.2 cm³/mol. The Labute approximate surface area is 101 Å². The van der Waals surface area contributed by atoms with Crippen molar-refractivity contribution in [3.63, 3.8) is 0 Å². The van der Waals surface area contributed by atoms with Gasteiger partial charge < -0.3 is 16.6 Å². The van der Waals surface area contributed by atoms with Gasteiger partial charge in [-0.05, 0) is 12.1 Å². The van der Waals surface area contributed by atoms with Crippen LogP contribution >= 0.6 is 0 Å². The second kappa shape index (κ2) is 4.17. The Kier molecular flexibility index (Phi) is 2.68. The number of aromatic nitrogens is 3. The van der Waals surface area contributed by atoms with Gasteiger partial charge in [0.25, 0.3) is 0 Å². The van der Waals surface area contributed by atoms with Gasteiger partial charge in [0.1, 0.15) is 0 Å². The van der Waals surface area contributed by atoms with Crippen molar-refractivity contribution in [1.29, 1.82) is 0 Å². The van der Waals surface area contributed by atoms with Crippen LogP contribution in [0.1, 0.15) is 20.8 Å². The third-order valence-corrected chi connectivity index (χ3v) is 2.21. The molecule has 0 unspecified atom stereocenters. The maximum Gasteiger partial charge on any atom is 0.358 e. The molecule has 2 heterocycles. The van der Waals surface area contributed by atoms with Crippen molar-refractivity contribution in [3.05, 3.63) is 35.8 Å². The van der Waals surface area contributed by atoms with Gasteiger partial charge in [-0.1, -0.05) is 0 Å². The lowest BCUT2D eigenvalue weighted by Crippen LogP contribution is -2.12. The van der Waals surface area contributed by atoms with Crippen LogP contribution in [0.2, 0.25) is 0 Å². The van der Waals surface area contributed by atoms with E-state index in [0.717, 1.165) is 0 Å². The maximum absolute atomic E-state index is 11.0. The van der Waals surface area contributed by atoms with E-state index in [9.17, 15) is 9.59 Å². The fourth-order valence-electron chi connectivity index (χ4n) is 1.37. The van der Waals surface area contributed by atoms with Crippen LogP contribution in [0.4, 0.5) is 5.69 Å². The standard InChI is InChI=1S/C10H9N5O3/c11-6-4-15(14-8(6)10(17)18)7-3-5(9(12)16)1-2-13-7/h1-4H,11H2,(H2,12,16)(H,17,18). The first-order valence-corrected chi connectivity index (χ1v) is 4.83. The number of aromatic carboxylic acids is 1. The van der Waals surface area contributed by atoms with Gasteiger partial charge in [-0.2, -0.15) is 5.10 Å². The number of nitrogen functional groups attached to an aromatic ring is 1. The van der Waals surface area contributed by atoms with E-state index >= 15 is 0 Å². The number of carboxylic acids is 1. The molecule has 0 bridgehead atoms. The average molecular weight is 247 g/mol. The lowest BCUT2D eigenvalue weighted by Gasteiger charge is -2.01. The number of hydrogen-bond acceptors (Lipinski definition) is 5. The topological polar surface area (TPSA) is 137 Å². The highest BCUT2D eigenvalue weighted by Crippen LogP contribution is 2.13. The summed E-state index contributed by atoms with van der Waals surface area (Å²) in [5.74, 6) is -1.60. The normalized spacial score (nSPS) is 10.2. The zero-order chi connectivity index (χ0) is 13.3. The number of rotatable bonds is 3. The number of carboxylic acid groups (broad SMARTS) is 1. The van der Waals surface area contributed by atoms with Gasteiger partial charge in [0.05, 0.1) is 11.9 Å². The number of amides is 1. The molecule has 5 N–H and O–H groups in total. The Morgan fingerprint density at radius 2 is 2.11 bits per heavy atom. The molecule has 1 amide bonds. The molecule has 0 atom stereocenters. The molecule has 8 heteroatoms. The molecule has 2 rings (SSSR count).